The quantitative estimate of drug-likeness (QED) is 0.225. The summed E-state index contributed by atoms with van der Waals surface area (Å²) in [6, 6.07) is 13.1. The summed E-state index contributed by atoms with van der Waals surface area (Å²) in [5, 5.41) is 13.2. The Kier molecular flexibility index (Phi) is 7.72. The summed E-state index contributed by atoms with van der Waals surface area (Å²) >= 11 is 6.33. The van der Waals surface area contributed by atoms with E-state index < -0.39 is 23.6 Å². The molecule has 3 aromatic carbocycles. The summed E-state index contributed by atoms with van der Waals surface area (Å²) in [5.41, 5.74) is 0.335. The first kappa shape index (κ1) is 26.5. The van der Waals surface area contributed by atoms with Crippen LogP contribution in [0.3, 0.4) is 0 Å². The van der Waals surface area contributed by atoms with Crippen LogP contribution < -0.4 is 0 Å². The lowest BCUT2D eigenvalue weighted by atomic mass is 9.98. The van der Waals surface area contributed by atoms with Gasteiger partial charge >= 0.3 is 6.18 Å². The highest BCUT2D eigenvalue weighted by Gasteiger charge is 2.33. The van der Waals surface area contributed by atoms with E-state index in [-0.39, 0.29) is 41.0 Å². The monoisotopic (exact) mass is 533 g/mol. The van der Waals surface area contributed by atoms with Crippen LogP contribution in [0, 0.1) is 5.82 Å². The zero-order valence-corrected chi connectivity index (χ0v) is 20.1. The van der Waals surface area contributed by atoms with Gasteiger partial charge < -0.3 is 14.4 Å². The lowest BCUT2D eigenvalue weighted by Crippen LogP contribution is -2.35. The molecule has 0 bridgehead atoms. The highest BCUT2D eigenvalue weighted by Crippen LogP contribution is 2.40. The molecule has 0 saturated heterocycles. The molecular weight excluding hydrogens is 514 g/mol. The second kappa shape index (κ2) is 10.8. The Morgan fingerprint density at radius 1 is 1.08 bits per heavy atom. The number of aliphatic hydroxyl groups is 1. The largest absolute Gasteiger partial charge is 0.417 e. The van der Waals surface area contributed by atoms with Gasteiger partial charge in [0.05, 0.1) is 18.2 Å². The predicted molar refractivity (Wildman–Crippen MR) is 129 cm³/mol. The number of halogens is 5. The van der Waals surface area contributed by atoms with E-state index in [1.54, 1.807) is 13.1 Å². The normalized spacial score (nSPS) is 12.6. The molecule has 0 aliphatic heterocycles. The van der Waals surface area contributed by atoms with E-state index in [9.17, 15) is 27.5 Å². The number of carbonyl (C=O) groups is 1. The van der Waals surface area contributed by atoms with E-state index in [0.29, 0.717) is 23.0 Å². The molecule has 0 aliphatic rings. The summed E-state index contributed by atoms with van der Waals surface area (Å²) in [6.45, 7) is -0.291. The van der Waals surface area contributed by atoms with Crippen LogP contribution in [-0.2, 0) is 17.5 Å². The number of likely N-dealkylation sites (N-methyl/N-ethyl adjacent to an activating group) is 1. The molecule has 1 heterocycles. The van der Waals surface area contributed by atoms with Crippen LogP contribution in [0.25, 0.3) is 34.0 Å². The molecule has 192 valence electrons. The first-order valence-electron chi connectivity index (χ1n) is 11.0. The molecule has 37 heavy (non-hydrogen) atoms. The number of hydrogen-bond acceptors (Lipinski definition) is 6. The Balaban J connectivity index is 1.58. The van der Waals surface area contributed by atoms with E-state index in [4.69, 9.17) is 16.1 Å². The summed E-state index contributed by atoms with van der Waals surface area (Å²) in [6.07, 6.45) is -3.96. The Morgan fingerprint density at radius 2 is 1.81 bits per heavy atom. The first-order chi connectivity index (χ1) is 17.6. The zero-order valence-electron chi connectivity index (χ0n) is 19.3. The molecule has 0 saturated carbocycles. The van der Waals surface area contributed by atoms with Crippen molar-refractivity contribution in [3.8, 4) is 34.0 Å². The molecule has 1 unspecified atom stereocenters. The first-order valence-corrected chi connectivity index (χ1v) is 11.4. The van der Waals surface area contributed by atoms with Crippen molar-refractivity contribution in [1.29, 1.82) is 0 Å². The van der Waals surface area contributed by atoms with Crippen molar-refractivity contribution in [2.24, 2.45) is 0 Å². The second-order valence-electron chi connectivity index (χ2n) is 8.27. The van der Waals surface area contributed by atoms with E-state index in [1.165, 1.54) is 53.4 Å². The number of carbonyl (C=O) groups excluding carboxylic acids is 1. The van der Waals surface area contributed by atoms with E-state index in [1.807, 2.05) is 0 Å². The van der Waals surface area contributed by atoms with Gasteiger partial charge in [-0.3, -0.25) is 4.90 Å². The van der Waals surface area contributed by atoms with Crippen LogP contribution in [-0.4, -0.2) is 46.1 Å². The highest BCUT2D eigenvalue weighted by molar-refractivity contribution is 6.33. The minimum absolute atomic E-state index is 0.0496. The average Bonchev–Trinajstić information content (AvgIpc) is 3.36. The van der Waals surface area contributed by atoms with Crippen LogP contribution in [0.15, 0.2) is 65.2 Å². The molecule has 1 N–H and O–H groups in total. The van der Waals surface area contributed by atoms with Crippen molar-refractivity contribution < 1.29 is 32.0 Å². The molecular formula is C26H20ClF4N3O3. The summed E-state index contributed by atoms with van der Waals surface area (Å²) in [4.78, 5) is 16.8. The van der Waals surface area contributed by atoms with Crippen molar-refractivity contribution in [2.75, 3.05) is 13.7 Å². The lowest BCUT2D eigenvalue weighted by Gasteiger charge is -2.21. The van der Waals surface area contributed by atoms with Gasteiger partial charge in [-0.25, -0.2) is 4.39 Å². The average molecular weight is 534 g/mol. The van der Waals surface area contributed by atoms with Gasteiger partial charge in [-0.15, -0.1) is 0 Å². The molecule has 4 aromatic rings. The number of aromatic nitrogens is 2. The maximum atomic E-state index is 14.7. The predicted octanol–water partition coefficient (Wildman–Crippen LogP) is 5.87. The molecule has 0 amide bonds. The third kappa shape index (κ3) is 5.71. The van der Waals surface area contributed by atoms with Crippen LogP contribution in [0.4, 0.5) is 17.6 Å². The van der Waals surface area contributed by atoms with Crippen molar-refractivity contribution >= 4 is 17.9 Å². The van der Waals surface area contributed by atoms with Crippen molar-refractivity contribution in [3.63, 3.8) is 0 Å². The molecule has 0 fully saturated rings. The minimum atomic E-state index is -4.55. The Morgan fingerprint density at radius 3 is 2.46 bits per heavy atom. The molecule has 6 nitrogen and oxygen atoms in total. The molecule has 1 aromatic heterocycles. The Labute approximate surface area is 214 Å². The molecule has 1 atom stereocenters. The maximum Gasteiger partial charge on any atom is 0.417 e. The van der Waals surface area contributed by atoms with E-state index >= 15 is 0 Å². The highest BCUT2D eigenvalue weighted by atomic mass is 35.5. The van der Waals surface area contributed by atoms with E-state index in [2.05, 4.69) is 10.1 Å². The van der Waals surface area contributed by atoms with Crippen LogP contribution in [0.2, 0.25) is 5.02 Å². The van der Waals surface area contributed by atoms with Crippen molar-refractivity contribution in [1.82, 2.24) is 15.0 Å². The van der Waals surface area contributed by atoms with Gasteiger partial charge in [0.15, 0.2) is 0 Å². The fourth-order valence-electron chi connectivity index (χ4n) is 3.78. The van der Waals surface area contributed by atoms with Gasteiger partial charge in [0.2, 0.25) is 5.82 Å². The maximum absolute atomic E-state index is 14.7. The SMILES string of the molecule is CN(Cc1ccc(-c2noc(-c3ccc(-c4ccccc4C(F)(F)F)c(Cl)c3)n2)cc1F)C(C=O)CO. The van der Waals surface area contributed by atoms with Gasteiger partial charge in [-0.1, -0.05) is 53.2 Å². The third-order valence-electron chi connectivity index (χ3n) is 5.81. The lowest BCUT2D eigenvalue weighted by molar-refractivity contribution is -0.137. The number of rotatable bonds is 8. The summed E-state index contributed by atoms with van der Waals surface area (Å²) < 4.78 is 60.3. The summed E-state index contributed by atoms with van der Waals surface area (Å²) in [7, 11) is 1.59. The van der Waals surface area contributed by atoms with Gasteiger partial charge in [0.1, 0.15) is 12.1 Å². The number of aldehydes is 1. The Hall–Kier alpha value is -3.60. The topological polar surface area (TPSA) is 79.5 Å². The Bertz CT molecular complexity index is 1420. The fraction of sp³-hybridized carbons (Fsp3) is 0.192. The smallest absolute Gasteiger partial charge is 0.394 e. The van der Waals surface area contributed by atoms with Gasteiger partial charge in [-0.2, -0.15) is 18.2 Å². The van der Waals surface area contributed by atoms with Crippen molar-refractivity contribution in [3.05, 3.63) is 82.6 Å². The molecule has 0 spiro atoms. The van der Waals surface area contributed by atoms with Crippen LogP contribution in [0.5, 0.6) is 0 Å². The van der Waals surface area contributed by atoms with E-state index in [0.717, 1.165) is 6.07 Å². The number of hydrogen-bond donors (Lipinski definition) is 1. The number of alkyl halides is 3. The number of benzene rings is 3. The number of aliphatic hydroxyl groups excluding tert-OH is 1. The molecule has 4 rings (SSSR count). The molecule has 11 heteroatoms. The summed E-state index contributed by atoms with van der Waals surface area (Å²) in [5.74, 6) is -0.417. The fourth-order valence-corrected chi connectivity index (χ4v) is 4.06. The number of nitrogens with zero attached hydrogens (tertiary/aromatic N) is 3. The minimum Gasteiger partial charge on any atom is -0.394 e. The second-order valence-corrected chi connectivity index (χ2v) is 8.68. The molecule has 0 radical (unpaired) electrons. The van der Waals surface area contributed by atoms with Gasteiger partial charge in [-0.05, 0) is 36.9 Å². The van der Waals surface area contributed by atoms with Gasteiger partial charge in [0, 0.05) is 33.8 Å². The third-order valence-corrected chi connectivity index (χ3v) is 6.12. The van der Waals surface area contributed by atoms with Gasteiger partial charge in [0.25, 0.3) is 5.89 Å². The van der Waals surface area contributed by atoms with Crippen LogP contribution in [0.1, 0.15) is 11.1 Å². The standard InChI is InChI=1S/C26H20ClF4N3O3/c1-34(18(13-35)14-36)12-17-7-6-15(11-23(17)28)24-32-25(37-33-24)16-8-9-20(22(27)10-16)19-4-2-3-5-21(19)26(29,30)31/h2-11,13,18,36H,12,14H2,1H3. The van der Waals surface area contributed by atoms with Crippen molar-refractivity contribution in [2.45, 2.75) is 18.8 Å². The van der Waals surface area contributed by atoms with Crippen LogP contribution >= 0.6 is 11.6 Å². The zero-order chi connectivity index (χ0) is 26.7. The molecule has 0 aliphatic carbocycles.